The lowest BCUT2D eigenvalue weighted by molar-refractivity contribution is 0.102. The molecule has 3 aromatic rings. The van der Waals surface area contributed by atoms with E-state index in [-0.39, 0.29) is 19.1 Å². The largest absolute Gasteiger partial charge is 0.475 e. The van der Waals surface area contributed by atoms with Crippen molar-refractivity contribution in [2.45, 2.75) is 32.4 Å². The number of pyridine rings is 2. The van der Waals surface area contributed by atoms with Crippen LogP contribution in [-0.2, 0) is 16.8 Å². The molecule has 0 spiro atoms. The second-order valence-corrected chi connectivity index (χ2v) is 9.64. The van der Waals surface area contributed by atoms with Crippen LogP contribution in [0.15, 0.2) is 42.6 Å². The first-order chi connectivity index (χ1) is 17.8. The number of aromatic nitrogens is 2. The maximum atomic E-state index is 14.6. The number of amides is 1. The standard InChI is InChI=1S/C28H31FN4O4/c1-18-3-4-22(31-27(35)21-13-19-5-6-28(2,29)26(19)30-17-21)16-23(18)20-14-24(33-7-10-36-11-8-33)32-25(15-20)37-12-9-34/h3-4,13-17,34H,5-12H2,1-2H3,(H,31,35). The molecule has 1 amide bonds. The molecule has 0 bridgehead atoms. The quantitative estimate of drug-likeness (QED) is 0.499. The van der Waals surface area contributed by atoms with Gasteiger partial charge in [0, 0.05) is 31.0 Å². The van der Waals surface area contributed by atoms with E-state index < -0.39 is 5.67 Å². The minimum Gasteiger partial charge on any atom is -0.475 e. The van der Waals surface area contributed by atoms with Gasteiger partial charge in [-0.2, -0.15) is 4.98 Å². The zero-order valence-corrected chi connectivity index (χ0v) is 21.1. The topological polar surface area (TPSA) is 96.8 Å². The van der Waals surface area contributed by atoms with Crippen LogP contribution in [0.2, 0.25) is 0 Å². The van der Waals surface area contributed by atoms with E-state index in [1.165, 1.54) is 13.1 Å². The minimum atomic E-state index is -1.44. The molecule has 1 unspecified atom stereocenters. The zero-order valence-electron chi connectivity index (χ0n) is 21.1. The van der Waals surface area contributed by atoms with Gasteiger partial charge >= 0.3 is 0 Å². The summed E-state index contributed by atoms with van der Waals surface area (Å²) in [4.78, 5) is 24.1. The summed E-state index contributed by atoms with van der Waals surface area (Å²) >= 11 is 0. The number of carbonyl (C=O) groups excluding carboxylic acids is 1. The highest BCUT2D eigenvalue weighted by molar-refractivity contribution is 6.04. The lowest BCUT2D eigenvalue weighted by Crippen LogP contribution is -2.36. The fraction of sp³-hybridized carbons (Fsp3) is 0.393. The summed E-state index contributed by atoms with van der Waals surface area (Å²) in [5.74, 6) is 0.894. The number of hydrogen-bond acceptors (Lipinski definition) is 7. The average molecular weight is 507 g/mol. The van der Waals surface area contributed by atoms with Crippen molar-refractivity contribution in [1.82, 2.24) is 9.97 Å². The first-order valence-corrected chi connectivity index (χ1v) is 12.5. The Bertz CT molecular complexity index is 1310. The summed E-state index contributed by atoms with van der Waals surface area (Å²) in [5.41, 5.74) is 3.62. The predicted molar refractivity (Wildman–Crippen MR) is 139 cm³/mol. The molecule has 2 N–H and O–H groups in total. The maximum Gasteiger partial charge on any atom is 0.257 e. The van der Waals surface area contributed by atoms with Crippen LogP contribution in [0.25, 0.3) is 11.1 Å². The smallest absolute Gasteiger partial charge is 0.257 e. The minimum absolute atomic E-state index is 0.110. The van der Waals surface area contributed by atoms with Gasteiger partial charge in [-0.3, -0.25) is 9.78 Å². The van der Waals surface area contributed by atoms with Crippen LogP contribution >= 0.6 is 0 Å². The van der Waals surface area contributed by atoms with Crippen LogP contribution < -0.4 is 15.0 Å². The van der Waals surface area contributed by atoms with Crippen molar-refractivity contribution in [3.63, 3.8) is 0 Å². The number of rotatable bonds is 7. The molecule has 1 saturated heterocycles. The van der Waals surface area contributed by atoms with Crippen molar-refractivity contribution in [2.24, 2.45) is 0 Å². The fourth-order valence-electron chi connectivity index (χ4n) is 4.82. The maximum absolute atomic E-state index is 14.6. The van der Waals surface area contributed by atoms with E-state index in [9.17, 15) is 14.3 Å². The Hall–Kier alpha value is -3.56. The van der Waals surface area contributed by atoms with Crippen LogP contribution in [0.5, 0.6) is 5.88 Å². The summed E-state index contributed by atoms with van der Waals surface area (Å²) in [6.45, 7) is 6.27. The third-order valence-corrected chi connectivity index (χ3v) is 6.86. The molecule has 1 aliphatic heterocycles. The van der Waals surface area contributed by atoms with Gasteiger partial charge in [0.15, 0.2) is 5.67 Å². The number of nitrogens with one attached hydrogen (secondary N) is 1. The molecule has 2 aliphatic rings. The van der Waals surface area contributed by atoms with Gasteiger partial charge in [-0.05, 0) is 73.2 Å². The van der Waals surface area contributed by atoms with Crippen LogP contribution in [0.3, 0.4) is 0 Å². The number of aryl methyl sites for hydroxylation is 2. The molecule has 3 heterocycles. The normalized spacial score (nSPS) is 19.0. The molecular weight excluding hydrogens is 475 g/mol. The molecule has 8 nitrogen and oxygen atoms in total. The van der Waals surface area contributed by atoms with Crippen molar-refractivity contribution in [3.8, 4) is 17.0 Å². The molecule has 9 heteroatoms. The van der Waals surface area contributed by atoms with Crippen molar-refractivity contribution < 1.29 is 23.8 Å². The third kappa shape index (κ3) is 5.42. The van der Waals surface area contributed by atoms with Gasteiger partial charge in [0.1, 0.15) is 12.4 Å². The van der Waals surface area contributed by atoms with Gasteiger partial charge in [-0.1, -0.05) is 6.07 Å². The number of hydrogen-bond donors (Lipinski definition) is 2. The molecule has 1 aromatic carbocycles. The molecule has 2 aromatic heterocycles. The molecule has 0 saturated carbocycles. The summed E-state index contributed by atoms with van der Waals surface area (Å²) in [7, 11) is 0. The van der Waals surface area contributed by atoms with Gasteiger partial charge in [0.05, 0.1) is 31.1 Å². The van der Waals surface area contributed by atoms with E-state index >= 15 is 0 Å². The van der Waals surface area contributed by atoms with Gasteiger partial charge < -0.3 is 24.8 Å². The van der Waals surface area contributed by atoms with Crippen molar-refractivity contribution in [2.75, 3.05) is 49.7 Å². The Kier molecular flexibility index (Phi) is 7.08. The second kappa shape index (κ2) is 10.4. The second-order valence-electron chi connectivity index (χ2n) is 9.64. The molecule has 1 atom stereocenters. The van der Waals surface area contributed by atoms with Crippen molar-refractivity contribution in [1.29, 1.82) is 0 Å². The van der Waals surface area contributed by atoms with Gasteiger partial charge in [0.2, 0.25) is 5.88 Å². The number of morpholine rings is 1. The van der Waals surface area contributed by atoms with E-state index in [0.717, 1.165) is 41.2 Å². The van der Waals surface area contributed by atoms with E-state index in [1.54, 1.807) is 6.07 Å². The first-order valence-electron chi connectivity index (χ1n) is 12.5. The Morgan fingerprint density at radius 1 is 1.24 bits per heavy atom. The number of ether oxygens (including phenoxy) is 2. The molecule has 0 radical (unpaired) electrons. The van der Waals surface area contributed by atoms with E-state index in [2.05, 4.69) is 20.2 Å². The number of halogens is 1. The number of carbonyl (C=O) groups is 1. The molecule has 194 valence electrons. The Morgan fingerprint density at radius 2 is 2.05 bits per heavy atom. The number of aliphatic hydroxyl groups is 1. The molecule has 37 heavy (non-hydrogen) atoms. The van der Waals surface area contributed by atoms with Crippen LogP contribution in [0.4, 0.5) is 15.9 Å². The number of nitrogens with zero attached hydrogens (tertiary/aromatic N) is 3. The summed E-state index contributed by atoms with van der Waals surface area (Å²) in [6.07, 6.45) is 2.39. The molecule has 5 rings (SSSR count). The number of benzene rings is 1. The van der Waals surface area contributed by atoms with E-state index in [4.69, 9.17) is 9.47 Å². The lowest BCUT2D eigenvalue weighted by Gasteiger charge is -2.28. The van der Waals surface area contributed by atoms with Crippen LogP contribution in [0, 0.1) is 6.92 Å². The number of anilines is 2. The van der Waals surface area contributed by atoms with Crippen molar-refractivity contribution >= 4 is 17.4 Å². The van der Waals surface area contributed by atoms with E-state index in [1.807, 2.05) is 37.3 Å². The zero-order chi connectivity index (χ0) is 26.0. The van der Waals surface area contributed by atoms with E-state index in [0.29, 0.717) is 48.9 Å². The SMILES string of the molecule is Cc1ccc(NC(=O)c2cnc3c(c2)CCC3(C)F)cc1-c1cc(OCCO)nc(N2CCOCC2)c1. The summed E-state index contributed by atoms with van der Waals surface area (Å²) in [6, 6.07) is 11.3. The Morgan fingerprint density at radius 3 is 2.84 bits per heavy atom. The molecular formula is C28H31FN4O4. The lowest BCUT2D eigenvalue weighted by atomic mass is 10.00. The first kappa shape index (κ1) is 25.1. The Balaban J connectivity index is 1.42. The fourth-order valence-corrected chi connectivity index (χ4v) is 4.82. The highest BCUT2D eigenvalue weighted by Crippen LogP contribution is 2.38. The van der Waals surface area contributed by atoms with Gasteiger partial charge in [-0.25, -0.2) is 4.39 Å². The number of alkyl halides is 1. The third-order valence-electron chi connectivity index (χ3n) is 6.86. The van der Waals surface area contributed by atoms with Crippen LogP contribution in [-0.4, -0.2) is 60.5 Å². The number of fused-ring (bicyclic) bond motifs is 1. The predicted octanol–water partition coefficient (Wildman–Crippen LogP) is 4.04. The molecule has 1 aliphatic carbocycles. The Labute approximate surface area is 215 Å². The van der Waals surface area contributed by atoms with Crippen LogP contribution in [0.1, 0.15) is 40.5 Å². The highest BCUT2D eigenvalue weighted by atomic mass is 19.1. The molecule has 1 fully saturated rings. The van der Waals surface area contributed by atoms with Gasteiger partial charge in [0.25, 0.3) is 5.91 Å². The van der Waals surface area contributed by atoms with Gasteiger partial charge in [-0.15, -0.1) is 0 Å². The average Bonchev–Trinajstić information content (AvgIpc) is 3.22. The monoisotopic (exact) mass is 506 g/mol. The highest BCUT2D eigenvalue weighted by Gasteiger charge is 2.36. The summed E-state index contributed by atoms with van der Waals surface area (Å²) < 4.78 is 25.7. The number of aliphatic hydroxyl groups excluding tert-OH is 1. The summed E-state index contributed by atoms with van der Waals surface area (Å²) in [5, 5.41) is 12.2. The van der Waals surface area contributed by atoms with Crippen molar-refractivity contribution in [3.05, 3.63) is 65.0 Å².